The molecule has 11 nitrogen and oxygen atoms in total. The summed E-state index contributed by atoms with van der Waals surface area (Å²) in [7, 11) is 0. The Morgan fingerprint density at radius 2 is 1.36 bits per heavy atom. The zero-order chi connectivity index (χ0) is 40.4. The van der Waals surface area contributed by atoms with Crippen LogP contribution in [0.3, 0.4) is 0 Å². The zero-order valence-corrected chi connectivity index (χ0v) is 32.4. The fourth-order valence-corrected chi connectivity index (χ4v) is 5.94. The monoisotopic (exact) mass is 840 g/mol. The summed E-state index contributed by atoms with van der Waals surface area (Å²) in [6.45, 7) is 4.52. The Morgan fingerprint density at radius 3 is 1.84 bits per heavy atom. The third-order valence-corrected chi connectivity index (χ3v) is 9.19. The van der Waals surface area contributed by atoms with Crippen LogP contribution in [0.25, 0.3) is 5.65 Å². The Morgan fingerprint density at radius 1 is 0.804 bits per heavy atom. The van der Waals surface area contributed by atoms with Gasteiger partial charge in [0, 0.05) is 66.5 Å². The van der Waals surface area contributed by atoms with Crippen LogP contribution in [0.1, 0.15) is 107 Å². The SMILES string of the molecule is CCOc1cc(N)ncc1CC(=O)c1cccc(C(F)F)n1.CCOc1cc2nc(C3CC3)cn2cc1CC(=O)c1cccc(C(F)F)n1.O=C(CBr)C1CC1. The number of nitrogens with zero attached hydrogens (tertiary/aromatic N) is 5. The molecule has 16 heteroatoms. The van der Waals surface area contributed by atoms with E-state index >= 15 is 0 Å². The van der Waals surface area contributed by atoms with Gasteiger partial charge in [0.1, 0.15) is 51.5 Å². The number of hydrogen-bond acceptors (Lipinski definition) is 10. The van der Waals surface area contributed by atoms with Gasteiger partial charge in [-0.1, -0.05) is 28.1 Å². The average Bonchev–Trinajstić information content (AvgIpc) is 4.14. The highest BCUT2D eigenvalue weighted by Crippen LogP contribution is 2.40. The Labute approximate surface area is 329 Å². The number of rotatable bonds is 15. The molecule has 0 spiro atoms. The molecule has 2 saturated carbocycles. The van der Waals surface area contributed by atoms with Gasteiger partial charge in [-0.05, 0) is 63.8 Å². The van der Waals surface area contributed by atoms with Crippen LogP contribution >= 0.6 is 15.9 Å². The molecular weight excluding hydrogens is 800 g/mol. The van der Waals surface area contributed by atoms with Crippen molar-refractivity contribution in [3.8, 4) is 11.5 Å². The molecule has 5 heterocycles. The van der Waals surface area contributed by atoms with Crippen molar-refractivity contribution in [2.45, 2.75) is 71.1 Å². The number of alkyl halides is 5. The van der Waals surface area contributed by atoms with E-state index in [2.05, 4.69) is 35.9 Å². The third-order valence-electron chi connectivity index (χ3n) is 8.64. The molecule has 0 radical (unpaired) electrons. The molecule has 296 valence electrons. The van der Waals surface area contributed by atoms with Crippen LogP contribution in [-0.2, 0) is 17.6 Å². The molecule has 5 aromatic rings. The van der Waals surface area contributed by atoms with Crippen molar-refractivity contribution in [1.82, 2.24) is 24.3 Å². The van der Waals surface area contributed by atoms with Crippen LogP contribution in [0.4, 0.5) is 23.4 Å². The first-order valence-corrected chi connectivity index (χ1v) is 19.2. The minimum absolute atomic E-state index is 0.0158. The van der Waals surface area contributed by atoms with Crippen molar-refractivity contribution in [3.63, 3.8) is 0 Å². The van der Waals surface area contributed by atoms with Crippen LogP contribution < -0.4 is 15.2 Å². The second-order valence-corrected chi connectivity index (χ2v) is 13.6. The number of halogens is 5. The number of anilines is 1. The molecule has 0 atom stereocenters. The van der Waals surface area contributed by atoms with Crippen molar-refractivity contribution < 1.29 is 41.4 Å². The summed E-state index contributed by atoms with van der Waals surface area (Å²) in [5.74, 6) is 1.91. The number of imidazole rings is 1. The normalized spacial score (nSPS) is 13.4. The summed E-state index contributed by atoms with van der Waals surface area (Å²) < 4.78 is 63.9. The number of Topliss-reactive ketones (excluding diaryl/α,β-unsaturated/α-hetero) is 3. The van der Waals surface area contributed by atoms with Crippen LogP contribution in [0, 0.1) is 5.92 Å². The lowest BCUT2D eigenvalue weighted by molar-refractivity contribution is -0.117. The predicted octanol–water partition coefficient (Wildman–Crippen LogP) is 8.55. The number of pyridine rings is 4. The molecule has 0 aliphatic heterocycles. The minimum Gasteiger partial charge on any atom is -0.493 e. The van der Waals surface area contributed by atoms with Crippen molar-refractivity contribution in [2.24, 2.45) is 5.92 Å². The number of hydrogen-bond donors (Lipinski definition) is 1. The molecule has 7 rings (SSSR count). The molecule has 0 amide bonds. The highest BCUT2D eigenvalue weighted by Gasteiger charge is 2.28. The van der Waals surface area contributed by atoms with Gasteiger partial charge < -0.3 is 19.6 Å². The molecule has 2 N–H and O–H groups in total. The number of ketones is 3. The first-order chi connectivity index (χ1) is 26.9. The van der Waals surface area contributed by atoms with E-state index in [1.807, 2.05) is 29.8 Å². The van der Waals surface area contributed by atoms with Crippen LogP contribution in [0.2, 0.25) is 0 Å². The van der Waals surface area contributed by atoms with E-state index in [0.717, 1.165) is 37.0 Å². The first-order valence-electron chi connectivity index (χ1n) is 18.1. The summed E-state index contributed by atoms with van der Waals surface area (Å²) in [4.78, 5) is 51.4. The Kier molecular flexibility index (Phi) is 14.6. The van der Waals surface area contributed by atoms with Crippen molar-refractivity contribution >= 4 is 44.7 Å². The fraction of sp³-hybridized carbons (Fsp3) is 0.375. The molecule has 2 aliphatic carbocycles. The van der Waals surface area contributed by atoms with Gasteiger partial charge in [-0.15, -0.1) is 0 Å². The summed E-state index contributed by atoms with van der Waals surface area (Å²) in [6.07, 6.45) is 4.35. The number of carbonyl (C=O) groups is 3. The maximum atomic E-state index is 12.8. The van der Waals surface area contributed by atoms with Gasteiger partial charge >= 0.3 is 0 Å². The topological polar surface area (TPSA) is 152 Å². The molecule has 0 bridgehead atoms. The number of ether oxygens (including phenoxy) is 2. The lowest BCUT2D eigenvalue weighted by Crippen LogP contribution is -2.10. The fourth-order valence-electron chi connectivity index (χ4n) is 5.48. The lowest BCUT2D eigenvalue weighted by Gasteiger charge is -2.11. The second-order valence-electron chi connectivity index (χ2n) is 13.0. The van der Waals surface area contributed by atoms with Crippen LogP contribution in [0.15, 0.2) is 67.1 Å². The quantitative estimate of drug-likeness (QED) is 0.0617. The van der Waals surface area contributed by atoms with Crippen molar-refractivity contribution in [2.75, 3.05) is 24.3 Å². The van der Waals surface area contributed by atoms with Gasteiger partial charge in [0.15, 0.2) is 11.6 Å². The van der Waals surface area contributed by atoms with Gasteiger partial charge in [0.05, 0.1) is 24.2 Å². The molecule has 5 aromatic heterocycles. The number of fused-ring (bicyclic) bond motifs is 1. The highest BCUT2D eigenvalue weighted by molar-refractivity contribution is 9.09. The van der Waals surface area contributed by atoms with Gasteiger partial charge in [0.25, 0.3) is 12.9 Å². The smallest absolute Gasteiger partial charge is 0.280 e. The highest BCUT2D eigenvalue weighted by atomic mass is 79.9. The van der Waals surface area contributed by atoms with Gasteiger partial charge in [-0.3, -0.25) is 14.4 Å². The molecule has 2 fully saturated rings. The van der Waals surface area contributed by atoms with E-state index in [0.29, 0.717) is 58.8 Å². The van der Waals surface area contributed by atoms with Gasteiger partial charge in [0.2, 0.25) is 0 Å². The Hall–Kier alpha value is -5.25. The van der Waals surface area contributed by atoms with Crippen LogP contribution in [0.5, 0.6) is 11.5 Å². The predicted molar refractivity (Wildman–Crippen MR) is 204 cm³/mol. The lowest BCUT2D eigenvalue weighted by atomic mass is 10.1. The maximum Gasteiger partial charge on any atom is 0.280 e. The number of aromatic nitrogens is 5. The minimum atomic E-state index is -2.72. The largest absolute Gasteiger partial charge is 0.493 e. The summed E-state index contributed by atoms with van der Waals surface area (Å²) in [6, 6.07) is 11.4. The summed E-state index contributed by atoms with van der Waals surface area (Å²) in [5.41, 5.74) is 7.80. The van der Waals surface area contributed by atoms with Crippen molar-refractivity contribution in [1.29, 1.82) is 0 Å². The zero-order valence-electron chi connectivity index (χ0n) is 30.8. The average molecular weight is 842 g/mol. The van der Waals surface area contributed by atoms with Crippen molar-refractivity contribution in [3.05, 3.63) is 107 Å². The molecule has 0 aromatic carbocycles. The third kappa shape index (κ3) is 11.6. The van der Waals surface area contributed by atoms with E-state index in [1.165, 1.54) is 48.7 Å². The van der Waals surface area contributed by atoms with E-state index < -0.39 is 30.0 Å². The molecular formula is C40H41BrF4N6O5. The standard InChI is InChI=1S/C20H19F2N3O2.C15H15F2N3O2.C5H7BrO/c1-2-27-18-9-19-24-16(12-6-7-12)11-25(19)10-13(18)8-17(26)14-4-3-5-15(23-14)20(21)22;1-2-22-13-7-14(18)19-8-9(13)6-12(21)10-4-3-5-11(20-10)15(16)17;6-3-5(7)4-1-2-4/h3-5,9-12,20H,2,6-8H2,1H3;3-5,7-8,15H,2,6H2,1H3,(H2,18,19);4H,1-3H2. The summed E-state index contributed by atoms with van der Waals surface area (Å²) in [5, 5.41) is 0.553. The van der Waals surface area contributed by atoms with Gasteiger partial charge in [-0.25, -0.2) is 37.5 Å². The maximum absolute atomic E-state index is 12.8. The van der Waals surface area contributed by atoms with Crippen LogP contribution in [-0.4, -0.2) is 60.2 Å². The number of nitrogens with two attached hydrogens (primary N) is 1. The van der Waals surface area contributed by atoms with Gasteiger partial charge in [-0.2, -0.15) is 0 Å². The molecule has 0 saturated heterocycles. The number of nitrogen functional groups attached to an aromatic ring is 1. The molecule has 56 heavy (non-hydrogen) atoms. The van der Waals surface area contributed by atoms with E-state index in [9.17, 15) is 31.9 Å². The Balaban J connectivity index is 0.000000185. The Bertz CT molecular complexity index is 2160. The molecule has 2 aliphatic rings. The van der Waals surface area contributed by atoms with E-state index in [4.69, 9.17) is 15.2 Å². The first kappa shape index (κ1) is 41.9. The number of carbonyl (C=O) groups excluding carboxylic acids is 3. The van der Waals surface area contributed by atoms with E-state index in [1.54, 1.807) is 6.92 Å². The molecule has 0 unspecified atom stereocenters. The van der Waals surface area contributed by atoms with E-state index in [-0.39, 0.29) is 35.8 Å². The second kappa shape index (κ2) is 19.6. The summed E-state index contributed by atoms with van der Waals surface area (Å²) >= 11 is 3.11.